The van der Waals surface area contributed by atoms with E-state index >= 15 is 0 Å². The monoisotopic (exact) mass is 187 g/mol. The number of unbranched alkanes of at least 4 members (excludes halogenated alkanes) is 3. The fourth-order valence-corrected chi connectivity index (χ4v) is 1.46. The van der Waals surface area contributed by atoms with Gasteiger partial charge in [-0.15, -0.1) is 0 Å². The van der Waals surface area contributed by atoms with Crippen molar-refractivity contribution in [2.24, 2.45) is 0 Å². The summed E-state index contributed by atoms with van der Waals surface area (Å²) in [5.41, 5.74) is 0. The van der Waals surface area contributed by atoms with Gasteiger partial charge in [0.1, 0.15) is 0 Å². The van der Waals surface area contributed by atoms with Crippen LogP contribution in [0.25, 0.3) is 0 Å². The summed E-state index contributed by atoms with van der Waals surface area (Å²) in [6.07, 6.45) is 7.26. The minimum Gasteiger partial charge on any atom is -0.396 e. The minimum atomic E-state index is 0.306. The molecule has 0 saturated carbocycles. The Morgan fingerprint density at radius 2 is 1.92 bits per heavy atom. The first kappa shape index (κ1) is 12.9. The van der Waals surface area contributed by atoms with E-state index in [0.717, 1.165) is 19.4 Å². The van der Waals surface area contributed by atoms with Crippen LogP contribution in [0.3, 0.4) is 0 Å². The maximum atomic E-state index is 8.77. The van der Waals surface area contributed by atoms with Gasteiger partial charge in [-0.25, -0.2) is 0 Å². The van der Waals surface area contributed by atoms with Gasteiger partial charge in [-0.1, -0.05) is 33.1 Å². The molecule has 0 aliphatic rings. The molecule has 2 nitrogen and oxygen atoms in total. The lowest BCUT2D eigenvalue weighted by atomic mass is 10.1. The Kier molecular flexibility index (Phi) is 9.94. The third kappa shape index (κ3) is 8.26. The Labute approximate surface area is 82.7 Å². The maximum absolute atomic E-state index is 8.77. The molecule has 0 spiro atoms. The minimum absolute atomic E-state index is 0.306. The van der Waals surface area contributed by atoms with Gasteiger partial charge in [0, 0.05) is 12.6 Å². The van der Waals surface area contributed by atoms with Crippen LogP contribution in [-0.4, -0.2) is 24.3 Å². The molecule has 0 radical (unpaired) electrons. The molecule has 0 amide bonds. The lowest BCUT2D eigenvalue weighted by Gasteiger charge is -2.15. The summed E-state index contributed by atoms with van der Waals surface area (Å²) in [4.78, 5) is 0. The number of hydrogen-bond acceptors (Lipinski definition) is 2. The van der Waals surface area contributed by atoms with Crippen molar-refractivity contribution >= 4 is 0 Å². The SMILES string of the molecule is CCCCCCNC(CC)CCO. The number of rotatable bonds is 9. The Hall–Kier alpha value is -0.0800. The second-order valence-corrected chi connectivity index (χ2v) is 3.63. The van der Waals surface area contributed by atoms with Crippen LogP contribution >= 0.6 is 0 Å². The lowest BCUT2D eigenvalue weighted by molar-refractivity contribution is 0.262. The van der Waals surface area contributed by atoms with Gasteiger partial charge in [-0.05, 0) is 25.8 Å². The van der Waals surface area contributed by atoms with Crippen LogP contribution < -0.4 is 5.32 Å². The Bertz CT molecular complexity index is 96.1. The molecule has 0 rings (SSSR count). The molecule has 0 aromatic heterocycles. The van der Waals surface area contributed by atoms with Gasteiger partial charge >= 0.3 is 0 Å². The van der Waals surface area contributed by atoms with E-state index in [1.54, 1.807) is 0 Å². The molecule has 0 aromatic carbocycles. The van der Waals surface area contributed by atoms with Crippen LogP contribution in [0.15, 0.2) is 0 Å². The van der Waals surface area contributed by atoms with Crippen molar-refractivity contribution in [2.45, 2.75) is 58.4 Å². The second kappa shape index (κ2) is 10.0. The zero-order chi connectivity index (χ0) is 9.94. The Balaban J connectivity index is 3.17. The van der Waals surface area contributed by atoms with E-state index in [1.807, 2.05) is 0 Å². The normalized spacial score (nSPS) is 13.2. The molecule has 1 atom stereocenters. The molecule has 0 heterocycles. The van der Waals surface area contributed by atoms with Crippen molar-refractivity contribution in [1.82, 2.24) is 5.32 Å². The number of aliphatic hydroxyl groups excluding tert-OH is 1. The van der Waals surface area contributed by atoms with Crippen LogP contribution in [-0.2, 0) is 0 Å². The predicted molar refractivity (Wildman–Crippen MR) is 57.9 cm³/mol. The maximum Gasteiger partial charge on any atom is 0.0445 e. The molecule has 1 unspecified atom stereocenters. The summed E-state index contributed by atoms with van der Waals surface area (Å²) in [5, 5.41) is 12.2. The summed E-state index contributed by atoms with van der Waals surface area (Å²) in [6, 6.07) is 0.520. The molecule has 0 bridgehead atoms. The zero-order valence-corrected chi connectivity index (χ0v) is 9.18. The summed E-state index contributed by atoms with van der Waals surface area (Å²) in [5.74, 6) is 0. The standard InChI is InChI=1S/C11H25NO/c1-3-5-6-7-9-12-11(4-2)8-10-13/h11-13H,3-10H2,1-2H3. The van der Waals surface area contributed by atoms with Gasteiger partial charge in [0.15, 0.2) is 0 Å². The molecule has 0 aliphatic heterocycles. The average Bonchev–Trinajstić information content (AvgIpc) is 2.16. The van der Waals surface area contributed by atoms with E-state index in [1.165, 1.54) is 25.7 Å². The van der Waals surface area contributed by atoms with Gasteiger partial charge < -0.3 is 10.4 Å². The lowest BCUT2D eigenvalue weighted by Crippen LogP contribution is -2.30. The molecule has 2 N–H and O–H groups in total. The molecular weight excluding hydrogens is 162 g/mol. The number of aliphatic hydroxyl groups is 1. The van der Waals surface area contributed by atoms with E-state index in [2.05, 4.69) is 19.2 Å². The molecule has 0 saturated heterocycles. The van der Waals surface area contributed by atoms with Gasteiger partial charge in [0.2, 0.25) is 0 Å². The van der Waals surface area contributed by atoms with E-state index in [-0.39, 0.29) is 0 Å². The van der Waals surface area contributed by atoms with Crippen molar-refractivity contribution < 1.29 is 5.11 Å². The topological polar surface area (TPSA) is 32.3 Å². The van der Waals surface area contributed by atoms with E-state index in [4.69, 9.17) is 5.11 Å². The van der Waals surface area contributed by atoms with Crippen molar-refractivity contribution in [1.29, 1.82) is 0 Å². The highest BCUT2D eigenvalue weighted by atomic mass is 16.3. The molecule has 0 aromatic rings. The van der Waals surface area contributed by atoms with Crippen molar-refractivity contribution in [3.05, 3.63) is 0 Å². The quantitative estimate of drug-likeness (QED) is 0.543. The van der Waals surface area contributed by atoms with E-state index < -0.39 is 0 Å². The predicted octanol–water partition coefficient (Wildman–Crippen LogP) is 2.32. The fourth-order valence-electron chi connectivity index (χ4n) is 1.46. The first-order valence-corrected chi connectivity index (χ1v) is 5.69. The van der Waals surface area contributed by atoms with Crippen molar-refractivity contribution in [2.75, 3.05) is 13.2 Å². The molecule has 2 heteroatoms. The number of nitrogens with one attached hydrogen (secondary N) is 1. The summed E-state index contributed by atoms with van der Waals surface area (Å²) in [6.45, 7) is 5.81. The number of hydrogen-bond donors (Lipinski definition) is 2. The van der Waals surface area contributed by atoms with Crippen LogP contribution in [0.4, 0.5) is 0 Å². The summed E-state index contributed by atoms with van der Waals surface area (Å²) < 4.78 is 0. The molecule has 0 aliphatic carbocycles. The largest absolute Gasteiger partial charge is 0.396 e. The van der Waals surface area contributed by atoms with Gasteiger partial charge in [-0.3, -0.25) is 0 Å². The van der Waals surface area contributed by atoms with Gasteiger partial charge in [0.25, 0.3) is 0 Å². The summed E-state index contributed by atoms with van der Waals surface area (Å²) >= 11 is 0. The Morgan fingerprint density at radius 3 is 2.46 bits per heavy atom. The molecule has 80 valence electrons. The van der Waals surface area contributed by atoms with E-state index in [0.29, 0.717) is 12.6 Å². The third-order valence-electron chi connectivity index (χ3n) is 2.43. The fraction of sp³-hybridized carbons (Fsp3) is 1.00. The second-order valence-electron chi connectivity index (χ2n) is 3.63. The zero-order valence-electron chi connectivity index (χ0n) is 9.18. The highest BCUT2D eigenvalue weighted by molar-refractivity contribution is 4.63. The smallest absolute Gasteiger partial charge is 0.0445 e. The van der Waals surface area contributed by atoms with Crippen molar-refractivity contribution in [3.63, 3.8) is 0 Å². The van der Waals surface area contributed by atoms with Crippen LogP contribution in [0.2, 0.25) is 0 Å². The first-order valence-electron chi connectivity index (χ1n) is 5.69. The average molecular weight is 187 g/mol. The third-order valence-corrected chi connectivity index (χ3v) is 2.43. The van der Waals surface area contributed by atoms with E-state index in [9.17, 15) is 0 Å². The van der Waals surface area contributed by atoms with Gasteiger partial charge in [0.05, 0.1) is 0 Å². The van der Waals surface area contributed by atoms with Gasteiger partial charge in [-0.2, -0.15) is 0 Å². The van der Waals surface area contributed by atoms with Crippen LogP contribution in [0.5, 0.6) is 0 Å². The summed E-state index contributed by atoms with van der Waals surface area (Å²) in [7, 11) is 0. The molecule has 13 heavy (non-hydrogen) atoms. The molecule has 0 fully saturated rings. The van der Waals surface area contributed by atoms with Crippen LogP contribution in [0, 0.1) is 0 Å². The highest BCUT2D eigenvalue weighted by Crippen LogP contribution is 2.00. The molecular formula is C11H25NO. The highest BCUT2D eigenvalue weighted by Gasteiger charge is 2.02. The first-order chi connectivity index (χ1) is 6.35. The Morgan fingerprint density at radius 1 is 1.15 bits per heavy atom. The van der Waals surface area contributed by atoms with Crippen LogP contribution in [0.1, 0.15) is 52.4 Å². The van der Waals surface area contributed by atoms with Crippen molar-refractivity contribution in [3.8, 4) is 0 Å².